The largest absolute Gasteiger partial charge is 0.293 e. The van der Waals surface area contributed by atoms with Crippen molar-refractivity contribution in [3.05, 3.63) is 50.9 Å². The lowest BCUT2D eigenvalue weighted by Crippen LogP contribution is -2.00. The Kier molecular flexibility index (Phi) is 3.28. The van der Waals surface area contributed by atoms with Crippen LogP contribution < -0.4 is 0 Å². The number of carbonyl (C=O) groups excluding carboxylic acids is 1. The van der Waals surface area contributed by atoms with Crippen molar-refractivity contribution in [3.8, 4) is 0 Å². The van der Waals surface area contributed by atoms with E-state index in [1.807, 2.05) is 24.3 Å². The molecule has 0 aliphatic carbocycles. The molecule has 2 rings (SSSR count). The number of carbonyl (C=O) groups is 1. The minimum atomic E-state index is 0.121. The van der Waals surface area contributed by atoms with Crippen LogP contribution in [0.3, 0.4) is 0 Å². The van der Waals surface area contributed by atoms with E-state index in [-0.39, 0.29) is 5.78 Å². The van der Waals surface area contributed by atoms with Crippen LogP contribution in [0.2, 0.25) is 0 Å². The third-order valence-electron chi connectivity index (χ3n) is 1.96. The number of hydrogen-bond acceptors (Lipinski definition) is 3. The molecule has 15 heavy (non-hydrogen) atoms. The number of Topliss-reactive ketones (excluding diaryl/α,β-unsaturated/α-hetero) is 1. The molecule has 0 saturated heterocycles. The Balaban J connectivity index is 2.13. The lowest BCUT2D eigenvalue weighted by molar-refractivity contribution is 0.0996. The highest BCUT2D eigenvalue weighted by atomic mass is 79.9. The average Bonchev–Trinajstić information content (AvgIpc) is 2.70. The van der Waals surface area contributed by atoms with Gasteiger partial charge in [0.15, 0.2) is 5.78 Å². The zero-order chi connectivity index (χ0) is 10.7. The van der Waals surface area contributed by atoms with E-state index in [1.54, 1.807) is 11.7 Å². The van der Waals surface area contributed by atoms with Crippen molar-refractivity contribution in [1.29, 1.82) is 0 Å². The summed E-state index contributed by atoms with van der Waals surface area (Å²) in [6, 6.07) is 7.78. The fourth-order valence-corrected chi connectivity index (χ4v) is 2.28. The predicted molar refractivity (Wildman–Crippen MR) is 64.3 cm³/mol. The topological polar surface area (TPSA) is 30.0 Å². The summed E-state index contributed by atoms with van der Waals surface area (Å²) in [4.78, 5) is 16.4. The standard InChI is InChI=1S/C11H8BrNOS/c12-9-3-1-2-8(4-9)5-10(14)11-6-13-7-15-11/h1-4,6-7H,5H2. The first-order chi connectivity index (χ1) is 7.25. The maximum atomic E-state index is 11.7. The van der Waals surface area contributed by atoms with Crippen LogP contribution in [0.4, 0.5) is 0 Å². The van der Waals surface area contributed by atoms with Gasteiger partial charge >= 0.3 is 0 Å². The minimum absolute atomic E-state index is 0.121. The molecule has 0 saturated carbocycles. The summed E-state index contributed by atoms with van der Waals surface area (Å²) in [5, 5.41) is 0. The zero-order valence-corrected chi connectivity index (χ0v) is 10.2. The molecule has 0 fully saturated rings. The molecule has 76 valence electrons. The van der Waals surface area contributed by atoms with Crippen LogP contribution in [0.15, 0.2) is 40.4 Å². The van der Waals surface area contributed by atoms with Crippen LogP contribution in [0.25, 0.3) is 0 Å². The van der Waals surface area contributed by atoms with Gasteiger partial charge in [-0.25, -0.2) is 0 Å². The number of nitrogens with zero attached hydrogens (tertiary/aromatic N) is 1. The molecule has 0 spiro atoms. The van der Waals surface area contributed by atoms with Gasteiger partial charge in [-0.15, -0.1) is 11.3 Å². The summed E-state index contributed by atoms with van der Waals surface area (Å²) < 4.78 is 0.997. The lowest BCUT2D eigenvalue weighted by Gasteiger charge is -1.99. The Morgan fingerprint density at radius 2 is 2.33 bits per heavy atom. The number of halogens is 1. The van der Waals surface area contributed by atoms with Gasteiger partial charge in [0.2, 0.25) is 0 Å². The summed E-state index contributed by atoms with van der Waals surface area (Å²) in [5.74, 6) is 0.121. The van der Waals surface area contributed by atoms with Crippen molar-refractivity contribution in [2.24, 2.45) is 0 Å². The first kappa shape index (κ1) is 10.5. The Hall–Kier alpha value is -1.00. The number of thiazole rings is 1. The summed E-state index contributed by atoms with van der Waals surface area (Å²) in [6.07, 6.45) is 2.05. The molecule has 0 N–H and O–H groups in total. The molecule has 2 aromatic rings. The van der Waals surface area contributed by atoms with Crippen molar-refractivity contribution >= 4 is 33.0 Å². The molecule has 1 heterocycles. The van der Waals surface area contributed by atoms with Gasteiger partial charge in [-0.2, -0.15) is 0 Å². The Morgan fingerprint density at radius 1 is 1.47 bits per heavy atom. The second-order valence-electron chi connectivity index (χ2n) is 3.10. The summed E-state index contributed by atoms with van der Waals surface area (Å²) in [6.45, 7) is 0. The van der Waals surface area contributed by atoms with Crippen LogP contribution in [-0.4, -0.2) is 10.8 Å². The molecule has 0 aliphatic heterocycles. The van der Waals surface area contributed by atoms with Crippen molar-refractivity contribution in [1.82, 2.24) is 4.98 Å². The van der Waals surface area contributed by atoms with Crippen LogP contribution >= 0.6 is 27.3 Å². The smallest absolute Gasteiger partial charge is 0.178 e. The summed E-state index contributed by atoms with van der Waals surface area (Å²) in [7, 11) is 0. The monoisotopic (exact) mass is 281 g/mol. The molecular formula is C11H8BrNOS. The van der Waals surface area contributed by atoms with Crippen LogP contribution in [0.1, 0.15) is 15.2 Å². The van der Waals surface area contributed by atoms with Gasteiger partial charge in [-0.3, -0.25) is 9.78 Å². The number of hydrogen-bond donors (Lipinski definition) is 0. The number of benzene rings is 1. The fraction of sp³-hybridized carbons (Fsp3) is 0.0909. The predicted octanol–water partition coefficient (Wildman–Crippen LogP) is 3.33. The third kappa shape index (κ3) is 2.73. The molecule has 0 atom stereocenters. The first-order valence-corrected chi connectivity index (χ1v) is 6.09. The SMILES string of the molecule is O=C(Cc1cccc(Br)c1)c1cncs1. The van der Waals surface area contributed by atoms with Gasteiger partial charge in [0, 0.05) is 17.1 Å². The van der Waals surface area contributed by atoms with Gasteiger partial charge in [-0.05, 0) is 17.7 Å². The van der Waals surface area contributed by atoms with Crippen LogP contribution in [-0.2, 0) is 6.42 Å². The fourth-order valence-electron chi connectivity index (χ4n) is 1.27. The molecule has 0 unspecified atom stereocenters. The highest BCUT2D eigenvalue weighted by molar-refractivity contribution is 9.10. The van der Waals surface area contributed by atoms with E-state index in [0.717, 1.165) is 14.9 Å². The van der Waals surface area contributed by atoms with Gasteiger partial charge in [-0.1, -0.05) is 28.1 Å². The first-order valence-electron chi connectivity index (χ1n) is 4.42. The quantitative estimate of drug-likeness (QED) is 0.808. The molecule has 0 radical (unpaired) electrons. The number of aromatic nitrogens is 1. The normalized spacial score (nSPS) is 10.2. The van der Waals surface area contributed by atoms with E-state index in [2.05, 4.69) is 20.9 Å². The van der Waals surface area contributed by atoms with E-state index < -0.39 is 0 Å². The third-order valence-corrected chi connectivity index (χ3v) is 3.27. The molecule has 1 aromatic heterocycles. The van der Waals surface area contributed by atoms with Crippen molar-refractivity contribution in [2.75, 3.05) is 0 Å². The van der Waals surface area contributed by atoms with Gasteiger partial charge < -0.3 is 0 Å². The molecule has 0 aliphatic rings. The molecule has 0 amide bonds. The van der Waals surface area contributed by atoms with E-state index in [9.17, 15) is 4.79 Å². The van der Waals surface area contributed by atoms with Crippen LogP contribution in [0, 0.1) is 0 Å². The Bertz CT molecular complexity index is 467. The minimum Gasteiger partial charge on any atom is -0.293 e. The Morgan fingerprint density at radius 3 is 3.00 bits per heavy atom. The zero-order valence-electron chi connectivity index (χ0n) is 7.81. The summed E-state index contributed by atoms with van der Waals surface area (Å²) >= 11 is 4.76. The van der Waals surface area contributed by atoms with Crippen molar-refractivity contribution < 1.29 is 4.79 Å². The van der Waals surface area contributed by atoms with Crippen molar-refractivity contribution in [2.45, 2.75) is 6.42 Å². The second-order valence-corrected chi connectivity index (χ2v) is 4.90. The van der Waals surface area contributed by atoms with Gasteiger partial charge in [0.1, 0.15) is 0 Å². The molecule has 1 aromatic carbocycles. The molecule has 0 bridgehead atoms. The summed E-state index contributed by atoms with van der Waals surface area (Å²) in [5.41, 5.74) is 2.69. The van der Waals surface area contributed by atoms with E-state index in [4.69, 9.17) is 0 Å². The van der Waals surface area contributed by atoms with Gasteiger partial charge in [0.25, 0.3) is 0 Å². The van der Waals surface area contributed by atoms with E-state index in [0.29, 0.717) is 6.42 Å². The second kappa shape index (κ2) is 4.68. The van der Waals surface area contributed by atoms with Crippen molar-refractivity contribution in [3.63, 3.8) is 0 Å². The molecule has 4 heteroatoms. The van der Waals surface area contributed by atoms with E-state index >= 15 is 0 Å². The molecule has 2 nitrogen and oxygen atoms in total. The number of rotatable bonds is 3. The van der Waals surface area contributed by atoms with E-state index in [1.165, 1.54) is 11.3 Å². The average molecular weight is 282 g/mol. The molecular weight excluding hydrogens is 274 g/mol. The highest BCUT2D eigenvalue weighted by Gasteiger charge is 2.08. The Labute approximate surface area is 100 Å². The van der Waals surface area contributed by atoms with Gasteiger partial charge in [0.05, 0.1) is 10.4 Å². The number of ketones is 1. The maximum Gasteiger partial charge on any atom is 0.178 e. The van der Waals surface area contributed by atoms with Crippen LogP contribution in [0.5, 0.6) is 0 Å². The maximum absolute atomic E-state index is 11.7. The lowest BCUT2D eigenvalue weighted by atomic mass is 10.1. The highest BCUT2D eigenvalue weighted by Crippen LogP contribution is 2.15.